The van der Waals surface area contributed by atoms with Crippen LogP contribution in [0.15, 0.2) is 18.2 Å². The van der Waals surface area contributed by atoms with E-state index in [0.717, 1.165) is 17.9 Å². The van der Waals surface area contributed by atoms with E-state index in [0.29, 0.717) is 5.56 Å². The lowest BCUT2D eigenvalue weighted by molar-refractivity contribution is 0.100. The van der Waals surface area contributed by atoms with Gasteiger partial charge in [-0.05, 0) is 17.5 Å². The maximum absolute atomic E-state index is 11.1. The number of fused-ring (bicyclic) bond motifs is 3. The van der Waals surface area contributed by atoms with Crippen molar-refractivity contribution in [2.75, 3.05) is 12.0 Å². The standard InChI is InChI=1S/C11H11N3OS/c12-10(15)6-1-2-7-8-4-13-5-14-11(8)16-9(7)3-6/h1-3,13-14H,4-5H2,(H2,12,15). The summed E-state index contributed by atoms with van der Waals surface area (Å²) >= 11 is 1.67. The van der Waals surface area contributed by atoms with E-state index in [9.17, 15) is 4.79 Å². The molecule has 0 saturated carbocycles. The molecule has 0 fully saturated rings. The third-order valence-electron chi connectivity index (χ3n) is 2.75. The first-order valence-electron chi connectivity index (χ1n) is 5.05. The van der Waals surface area contributed by atoms with Gasteiger partial charge in [0.15, 0.2) is 0 Å². The smallest absolute Gasteiger partial charge is 0.248 e. The summed E-state index contributed by atoms with van der Waals surface area (Å²) in [5, 5.41) is 8.94. The van der Waals surface area contributed by atoms with Crippen molar-refractivity contribution in [1.29, 1.82) is 0 Å². The Hall–Kier alpha value is -1.59. The predicted octanol–water partition coefficient (Wildman–Crippen LogP) is 1.47. The van der Waals surface area contributed by atoms with E-state index in [4.69, 9.17) is 5.73 Å². The van der Waals surface area contributed by atoms with Gasteiger partial charge in [-0.1, -0.05) is 6.07 Å². The van der Waals surface area contributed by atoms with E-state index in [-0.39, 0.29) is 5.91 Å². The van der Waals surface area contributed by atoms with Crippen LogP contribution in [0, 0.1) is 0 Å². The molecule has 2 aromatic rings. The van der Waals surface area contributed by atoms with Gasteiger partial charge in [0.1, 0.15) is 0 Å². The van der Waals surface area contributed by atoms with Gasteiger partial charge in [0.05, 0.1) is 11.7 Å². The second-order valence-electron chi connectivity index (χ2n) is 3.77. The number of thiophene rings is 1. The molecule has 4 N–H and O–H groups in total. The van der Waals surface area contributed by atoms with Crippen molar-refractivity contribution in [3.63, 3.8) is 0 Å². The first-order chi connectivity index (χ1) is 7.75. The Morgan fingerprint density at radius 1 is 1.44 bits per heavy atom. The highest BCUT2D eigenvalue weighted by Gasteiger charge is 2.15. The van der Waals surface area contributed by atoms with Crippen molar-refractivity contribution in [1.82, 2.24) is 5.32 Å². The monoisotopic (exact) mass is 233 g/mol. The van der Waals surface area contributed by atoms with E-state index >= 15 is 0 Å². The van der Waals surface area contributed by atoms with Crippen molar-refractivity contribution >= 4 is 32.3 Å². The first kappa shape index (κ1) is 9.62. The molecule has 5 heteroatoms. The molecule has 16 heavy (non-hydrogen) atoms. The second-order valence-corrected chi connectivity index (χ2v) is 4.82. The number of rotatable bonds is 1. The van der Waals surface area contributed by atoms with Crippen LogP contribution in [0.5, 0.6) is 0 Å². The summed E-state index contributed by atoms with van der Waals surface area (Å²) in [5.41, 5.74) is 7.11. The minimum atomic E-state index is -0.376. The Bertz CT molecular complexity index is 576. The van der Waals surface area contributed by atoms with Crippen LogP contribution in [0.4, 0.5) is 5.00 Å². The normalized spacial score (nSPS) is 14.5. The SMILES string of the molecule is NC(=O)c1ccc2c3c(sc2c1)NCNC3. The maximum Gasteiger partial charge on any atom is 0.248 e. The number of nitrogens with two attached hydrogens (primary N) is 1. The Kier molecular flexibility index (Phi) is 2.08. The zero-order valence-electron chi connectivity index (χ0n) is 8.54. The van der Waals surface area contributed by atoms with Gasteiger partial charge in [-0.25, -0.2) is 0 Å². The Morgan fingerprint density at radius 3 is 3.12 bits per heavy atom. The fourth-order valence-corrected chi connectivity index (χ4v) is 3.11. The van der Waals surface area contributed by atoms with E-state index in [2.05, 4.69) is 10.6 Å². The van der Waals surface area contributed by atoms with Crippen LogP contribution in [0.2, 0.25) is 0 Å². The average Bonchev–Trinajstić information content (AvgIpc) is 2.66. The zero-order chi connectivity index (χ0) is 11.1. The molecular weight excluding hydrogens is 222 g/mol. The summed E-state index contributed by atoms with van der Waals surface area (Å²) < 4.78 is 1.11. The summed E-state index contributed by atoms with van der Waals surface area (Å²) in [6.45, 7) is 1.67. The number of carbonyl (C=O) groups is 1. The number of hydrogen-bond donors (Lipinski definition) is 3. The Morgan fingerprint density at radius 2 is 2.31 bits per heavy atom. The van der Waals surface area contributed by atoms with Crippen LogP contribution >= 0.6 is 11.3 Å². The summed E-state index contributed by atoms with van der Waals surface area (Å²) in [7, 11) is 0. The number of carbonyl (C=O) groups excluding carboxylic acids is 1. The average molecular weight is 233 g/mol. The number of benzene rings is 1. The van der Waals surface area contributed by atoms with Gasteiger partial charge in [-0.15, -0.1) is 11.3 Å². The fourth-order valence-electron chi connectivity index (χ4n) is 1.95. The van der Waals surface area contributed by atoms with Crippen molar-refractivity contribution in [3.8, 4) is 0 Å². The quantitative estimate of drug-likeness (QED) is 0.698. The third kappa shape index (κ3) is 1.36. The van der Waals surface area contributed by atoms with Crippen LogP contribution in [0.1, 0.15) is 15.9 Å². The van der Waals surface area contributed by atoms with Crippen LogP contribution in [0.3, 0.4) is 0 Å². The molecule has 1 aromatic heterocycles. The lowest BCUT2D eigenvalue weighted by Gasteiger charge is -2.14. The van der Waals surface area contributed by atoms with Gasteiger partial charge in [0, 0.05) is 22.4 Å². The minimum Gasteiger partial charge on any atom is -0.366 e. The van der Waals surface area contributed by atoms with E-state index < -0.39 is 0 Å². The lowest BCUT2D eigenvalue weighted by atomic mass is 10.1. The van der Waals surface area contributed by atoms with Gasteiger partial charge in [0.25, 0.3) is 0 Å². The van der Waals surface area contributed by atoms with Crippen molar-refractivity contribution in [2.45, 2.75) is 6.54 Å². The molecule has 4 nitrogen and oxygen atoms in total. The molecule has 1 aliphatic heterocycles. The van der Waals surface area contributed by atoms with Crippen LogP contribution < -0.4 is 16.4 Å². The van der Waals surface area contributed by atoms with Gasteiger partial charge in [-0.3, -0.25) is 10.1 Å². The van der Waals surface area contributed by atoms with Crippen molar-refractivity contribution in [3.05, 3.63) is 29.3 Å². The van der Waals surface area contributed by atoms with Crippen molar-refractivity contribution in [2.24, 2.45) is 5.73 Å². The van der Waals surface area contributed by atoms with Gasteiger partial charge in [-0.2, -0.15) is 0 Å². The summed E-state index contributed by atoms with van der Waals surface area (Å²) in [5.74, 6) is -0.376. The topological polar surface area (TPSA) is 67.2 Å². The molecule has 0 spiro atoms. The molecule has 1 aromatic carbocycles. The summed E-state index contributed by atoms with van der Waals surface area (Å²) in [6, 6.07) is 5.62. The molecule has 82 valence electrons. The summed E-state index contributed by atoms with van der Waals surface area (Å²) in [6.07, 6.45) is 0. The molecule has 1 amide bonds. The number of amides is 1. The molecule has 0 atom stereocenters. The minimum absolute atomic E-state index is 0.376. The molecule has 0 aliphatic carbocycles. The number of nitrogens with one attached hydrogen (secondary N) is 2. The molecule has 0 bridgehead atoms. The maximum atomic E-state index is 11.1. The largest absolute Gasteiger partial charge is 0.366 e. The molecule has 1 aliphatic rings. The number of anilines is 1. The summed E-state index contributed by atoms with van der Waals surface area (Å²) in [4.78, 5) is 11.1. The highest BCUT2D eigenvalue weighted by molar-refractivity contribution is 7.23. The number of primary amides is 1. The van der Waals surface area contributed by atoms with E-state index in [1.165, 1.54) is 16.0 Å². The molecule has 0 saturated heterocycles. The van der Waals surface area contributed by atoms with Gasteiger partial charge >= 0.3 is 0 Å². The molecule has 0 radical (unpaired) electrons. The van der Waals surface area contributed by atoms with Crippen LogP contribution in [-0.2, 0) is 6.54 Å². The third-order valence-corrected chi connectivity index (χ3v) is 3.91. The number of hydrogen-bond acceptors (Lipinski definition) is 4. The van der Waals surface area contributed by atoms with Gasteiger partial charge in [0.2, 0.25) is 5.91 Å². The Labute approximate surface area is 96.4 Å². The first-order valence-corrected chi connectivity index (χ1v) is 5.87. The fraction of sp³-hybridized carbons (Fsp3) is 0.182. The molecular formula is C11H11N3OS. The van der Waals surface area contributed by atoms with Crippen LogP contribution in [0.25, 0.3) is 10.1 Å². The molecule has 0 unspecified atom stereocenters. The second kappa shape index (κ2) is 3.47. The van der Waals surface area contributed by atoms with E-state index in [1.54, 1.807) is 17.4 Å². The predicted molar refractivity (Wildman–Crippen MR) is 65.7 cm³/mol. The van der Waals surface area contributed by atoms with Gasteiger partial charge < -0.3 is 11.1 Å². The Balaban J connectivity index is 2.22. The highest BCUT2D eigenvalue weighted by atomic mass is 32.1. The zero-order valence-corrected chi connectivity index (χ0v) is 9.36. The molecule has 3 rings (SSSR count). The highest BCUT2D eigenvalue weighted by Crippen LogP contribution is 2.37. The lowest BCUT2D eigenvalue weighted by Crippen LogP contribution is -2.26. The van der Waals surface area contributed by atoms with Crippen LogP contribution in [-0.4, -0.2) is 12.6 Å². The van der Waals surface area contributed by atoms with Crippen molar-refractivity contribution < 1.29 is 4.79 Å². The van der Waals surface area contributed by atoms with E-state index in [1.807, 2.05) is 12.1 Å². The molecule has 2 heterocycles.